The Morgan fingerprint density at radius 3 is 2.70 bits per heavy atom. The molecule has 0 spiro atoms. The Morgan fingerprint density at radius 2 is 2.13 bits per heavy atom. The monoisotopic (exact) mass is 361 g/mol. The molecule has 0 atom stereocenters. The molecule has 0 aliphatic carbocycles. The molecule has 0 saturated heterocycles. The van der Waals surface area contributed by atoms with E-state index in [1.807, 2.05) is 0 Å². The largest absolute Gasteiger partial charge is 0.433 e. The molecule has 0 aliphatic heterocycles. The third-order valence-electron chi connectivity index (χ3n) is 2.55. The fourth-order valence-electron chi connectivity index (χ4n) is 1.68. The van der Waals surface area contributed by atoms with Crippen LogP contribution in [0, 0.1) is 0 Å². The quantitative estimate of drug-likeness (QED) is 0.649. The Bertz CT molecular complexity index is 672. The Balaban J connectivity index is 2.25. The summed E-state index contributed by atoms with van der Waals surface area (Å²) in [6.07, 6.45) is -4.57. The molecule has 2 rings (SSSR count). The van der Waals surface area contributed by atoms with Gasteiger partial charge in [0.2, 0.25) is 5.91 Å². The smallest absolute Gasteiger partial charge is 0.353 e. The lowest BCUT2D eigenvalue weighted by atomic mass is 10.3. The molecule has 0 saturated carbocycles. The molecule has 1 N–H and O–H groups in total. The number of carbonyl (C=O) groups excluding carboxylic acids is 1. The third-order valence-corrected chi connectivity index (χ3v) is 4.29. The predicted molar refractivity (Wildman–Crippen MR) is 84.3 cm³/mol. The number of hydrogen-bond donors (Lipinski definition) is 1. The normalized spacial score (nSPS) is 11.7. The van der Waals surface area contributed by atoms with Gasteiger partial charge in [0.05, 0.1) is 16.3 Å². The fourth-order valence-corrected chi connectivity index (χ4v) is 3.03. The number of hydrogen-bond acceptors (Lipinski definition) is 5. The number of aromatic nitrogens is 2. The van der Waals surface area contributed by atoms with Gasteiger partial charge in [0.15, 0.2) is 5.16 Å². The summed E-state index contributed by atoms with van der Waals surface area (Å²) in [5, 5.41) is 4.35. The lowest BCUT2D eigenvalue weighted by Crippen LogP contribution is -2.31. The van der Waals surface area contributed by atoms with Gasteiger partial charge < -0.3 is 5.32 Å². The van der Waals surface area contributed by atoms with E-state index in [0.29, 0.717) is 4.88 Å². The number of nitrogens with one attached hydrogen (secondary N) is 1. The zero-order valence-electron chi connectivity index (χ0n) is 12.3. The predicted octanol–water partition coefficient (Wildman–Crippen LogP) is 3.84. The maximum Gasteiger partial charge on any atom is 0.433 e. The van der Waals surface area contributed by atoms with Crippen molar-refractivity contribution in [2.24, 2.45) is 0 Å². The van der Waals surface area contributed by atoms with Gasteiger partial charge in [0.25, 0.3) is 0 Å². The summed E-state index contributed by atoms with van der Waals surface area (Å²) in [6.45, 7) is 3.61. The van der Waals surface area contributed by atoms with Crippen LogP contribution in [0.1, 0.15) is 19.5 Å². The van der Waals surface area contributed by atoms with Crippen LogP contribution in [0.2, 0.25) is 0 Å². The van der Waals surface area contributed by atoms with Crippen LogP contribution in [0.3, 0.4) is 0 Å². The molecule has 2 heterocycles. The highest BCUT2D eigenvalue weighted by Crippen LogP contribution is 2.33. The van der Waals surface area contributed by atoms with Crippen molar-refractivity contribution in [3.8, 4) is 10.6 Å². The van der Waals surface area contributed by atoms with E-state index in [0.717, 1.165) is 17.8 Å². The second-order valence-corrected chi connectivity index (χ2v) is 6.80. The average molecular weight is 361 g/mol. The van der Waals surface area contributed by atoms with Crippen molar-refractivity contribution in [3.05, 3.63) is 29.3 Å². The van der Waals surface area contributed by atoms with Crippen LogP contribution in [0.25, 0.3) is 10.6 Å². The van der Waals surface area contributed by atoms with Gasteiger partial charge in [-0.25, -0.2) is 9.97 Å². The number of nitrogens with zero attached hydrogens (tertiary/aromatic N) is 2. The standard InChI is InChI=1S/C14H14F3N3OS2/c1-8(2)18-12(21)7-23-13-19-9(10-4-3-5-22-10)6-11(20-13)14(15,16)17/h3-6,8H,7H2,1-2H3,(H,18,21). The van der Waals surface area contributed by atoms with Crippen molar-refractivity contribution >= 4 is 29.0 Å². The number of thiophene rings is 1. The molecule has 1 amide bonds. The molecule has 0 aromatic carbocycles. The van der Waals surface area contributed by atoms with E-state index in [9.17, 15) is 18.0 Å². The second-order valence-electron chi connectivity index (χ2n) is 4.91. The first-order valence-corrected chi connectivity index (χ1v) is 8.54. The molecule has 2 aromatic heterocycles. The zero-order valence-corrected chi connectivity index (χ0v) is 14.0. The van der Waals surface area contributed by atoms with Gasteiger partial charge in [-0.3, -0.25) is 4.79 Å². The minimum Gasteiger partial charge on any atom is -0.353 e. The van der Waals surface area contributed by atoms with E-state index in [2.05, 4.69) is 15.3 Å². The molecule has 0 bridgehead atoms. The Kier molecular flexibility index (Phi) is 5.64. The van der Waals surface area contributed by atoms with Gasteiger partial charge in [-0.1, -0.05) is 17.8 Å². The first-order valence-electron chi connectivity index (χ1n) is 6.68. The van der Waals surface area contributed by atoms with Crippen molar-refractivity contribution in [2.75, 3.05) is 5.75 Å². The summed E-state index contributed by atoms with van der Waals surface area (Å²) in [6, 6.07) is 4.31. The van der Waals surface area contributed by atoms with Crippen LogP contribution in [0.15, 0.2) is 28.7 Å². The summed E-state index contributed by atoms with van der Waals surface area (Å²) < 4.78 is 39.0. The topological polar surface area (TPSA) is 54.9 Å². The molecule has 124 valence electrons. The van der Waals surface area contributed by atoms with E-state index in [1.165, 1.54) is 11.3 Å². The summed E-state index contributed by atoms with van der Waals surface area (Å²) >= 11 is 2.17. The molecule has 0 fully saturated rings. The van der Waals surface area contributed by atoms with Crippen molar-refractivity contribution in [3.63, 3.8) is 0 Å². The van der Waals surface area contributed by atoms with Crippen LogP contribution in [-0.4, -0.2) is 27.7 Å². The highest BCUT2D eigenvalue weighted by atomic mass is 32.2. The second kappa shape index (κ2) is 7.31. The van der Waals surface area contributed by atoms with Crippen LogP contribution in [-0.2, 0) is 11.0 Å². The molecule has 0 aliphatic rings. The number of halogens is 3. The van der Waals surface area contributed by atoms with E-state index in [-0.39, 0.29) is 28.6 Å². The minimum atomic E-state index is -4.57. The minimum absolute atomic E-state index is 0.0350. The number of alkyl halides is 3. The van der Waals surface area contributed by atoms with Crippen LogP contribution in [0.4, 0.5) is 13.2 Å². The van der Waals surface area contributed by atoms with E-state index < -0.39 is 11.9 Å². The molecular weight excluding hydrogens is 347 g/mol. The van der Waals surface area contributed by atoms with Crippen molar-refractivity contribution in [1.29, 1.82) is 0 Å². The number of rotatable bonds is 5. The summed E-state index contributed by atoms with van der Waals surface area (Å²) in [5.74, 6) is -0.313. The average Bonchev–Trinajstić information content (AvgIpc) is 2.97. The number of carbonyl (C=O) groups is 1. The first-order chi connectivity index (χ1) is 10.8. The van der Waals surface area contributed by atoms with Gasteiger partial charge in [0.1, 0.15) is 5.69 Å². The summed E-state index contributed by atoms with van der Waals surface area (Å²) in [4.78, 5) is 19.9. The highest BCUT2D eigenvalue weighted by molar-refractivity contribution is 7.99. The van der Waals surface area contributed by atoms with Gasteiger partial charge >= 0.3 is 6.18 Å². The van der Waals surface area contributed by atoms with Gasteiger partial charge in [-0.05, 0) is 31.4 Å². The summed E-state index contributed by atoms with van der Waals surface area (Å²) in [7, 11) is 0. The van der Waals surface area contributed by atoms with E-state index >= 15 is 0 Å². The number of thioether (sulfide) groups is 1. The van der Waals surface area contributed by atoms with Crippen molar-refractivity contribution < 1.29 is 18.0 Å². The van der Waals surface area contributed by atoms with Gasteiger partial charge in [-0.2, -0.15) is 13.2 Å². The van der Waals surface area contributed by atoms with Crippen molar-refractivity contribution in [1.82, 2.24) is 15.3 Å². The summed E-state index contributed by atoms with van der Waals surface area (Å²) in [5.41, 5.74) is -0.809. The molecule has 2 aromatic rings. The zero-order chi connectivity index (χ0) is 17.0. The molecule has 23 heavy (non-hydrogen) atoms. The Labute approximate surface area is 139 Å². The fraction of sp³-hybridized carbons (Fsp3) is 0.357. The van der Waals surface area contributed by atoms with Crippen LogP contribution in [0.5, 0.6) is 0 Å². The Morgan fingerprint density at radius 1 is 1.39 bits per heavy atom. The van der Waals surface area contributed by atoms with Crippen molar-refractivity contribution in [2.45, 2.75) is 31.2 Å². The highest BCUT2D eigenvalue weighted by Gasteiger charge is 2.34. The molecule has 0 unspecified atom stereocenters. The lowest BCUT2D eigenvalue weighted by Gasteiger charge is -2.10. The van der Waals surface area contributed by atoms with E-state index in [4.69, 9.17) is 0 Å². The van der Waals surface area contributed by atoms with E-state index in [1.54, 1.807) is 31.4 Å². The Hall–Kier alpha value is -1.61. The first kappa shape index (κ1) is 17.7. The van der Waals surface area contributed by atoms with Gasteiger partial charge in [-0.15, -0.1) is 11.3 Å². The van der Waals surface area contributed by atoms with Gasteiger partial charge in [0, 0.05) is 6.04 Å². The van der Waals surface area contributed by atoms with Crippen LogP contribution < -0.4 is 5.32 Å². The molecule has 4 nitrogen and oxygen atoms in total. The maximum atomic E-state index is 13.0. The van der Waals surface area contributed by atoms with Crippen LogP contribution >= 0.6 is 23.1 Å². The molecule has 0 radical (unpaired) electrons. The molecule has 9 heteroatoms. The third kappa shape index (κ3) is 5.21. The lowest BCUT2D eigenvalue weighted by molar-refractivity contribution is -0.141. The maximum absolute atomic E-state index is 13.0. The SMILES string of the molecule is CC(C)NC(=O)CSc1nc(-c2cccs2)cc(C(F)(F)F)n1. The molecular formula is C14H14F3N3OS2. The number of amides is 1.